The topological polar surface area (TPSA) is 30.0 Å². The third-order valence-corrected chi connectivity index (χ3v) is 1.37. The molecule has 0 aliphatic rings. The average Bonchev–Trinajstić information content (AvgIpc) is 1.88. The molecule has 1 rings (SSSR count). The quantitative estimate of drug-likeness (QED) is 0.490. The molecule has 0 fully saturated rings. The largest absolute Gasteiger partial charge is 0.293 e. The maximum atomic E-state index is 10.7. The van der Waals surface area contributed by atoms with Crippen molar-refractivity contribution in [3.05, 3.63) is 24.0 Å². The molecule has 0 aliphatic carbocycles. The molecule has 1 aromatic heterocycles. The molecular weight excluding hydrogens is 146 g/mol. The minimum absolute atomic E-state index is 0.0201. The average molecular weight is 153 g/mol. The molecule has 0 unspecified atom stereocenters. The van der Waals surface area contributed by atoms with Gasteiger partial charge in [-0.3, -0.25) is 9.78 Å². The molecule has 0 amide bonds. The summed E-state index contributed by atoms with van der Waals surface area (Å²) in [5.74, 6) is -0.0201. The van der Waals surface area contributed by atoms with E-state index in [0.29, 0.717) is 5.69 Å². The number of thiol groups is 1. The normalized spacial score (nSPS) is 9.40. The van der Waals surface area contributed by atoms with Gasteiger partial charge in [-0.2, -0.15) is 0 Å². The van der Waals surface area contributed by atoms with Crippen molar-refractivity contribution in [2.45, 2.75) is 11.8 Å². The van der Waals surface area contributed by atoms with Crippen LogP contribution in [0.1, 0.15) is 17.4 Å². The minimum atomic E-state index is -0.0201. The fourth-order valence-electron chi connectivity index (χ4n) is 0.594. The van der Waals surface area contributed by atoms with Crippen molar-refractivity contribution in [2.75, 3.05) is 0 Å². The first-order chi connectivity index (χ1) is 4.70. The summed E-state index contributed by atoms with van der Waals surface area (Å²) in [6.45, 7) is 1.49. The van der Waals surface area contributed by atoms with Crippen LogP contribution in [0, 0.1) is 0 Å². The molecule has 0 bridgehead atoms. The Balaban J connectivity index is 3.00. The Kier molecular flexibility index (Phi) is 2.06. The van der Waals surface area contributed by atoms with Crippen LogP contribution in [-0.4, -0.2) is 10.8 Å². The van der Waals surface area contributed by atoms with E-state index in [1.807, 2.05) is 0 Å². The lowest BCUT2D eigenvalue weighted by molar-refractivity contribution is 0.101. The molecule has 0 N–H and O–H groups in total. The molecule has 0 atom stereocenters. The molecule has 0 saturated carbocycles. The number of Topliss-reactive ketones (excluding diaryl/α,β-unsaturated/α-hetero) is 1. The Labute approximate surface area is 64.7 Å². The van der Waals surface area contributed by atoms with Crippen LogP contribution >= 0.6 is 12.6 Å². The molecule has 0 radical (unpaired) electrons. The van der Waals surface area contributed by atoms with Gasteiger partial charge in [-0.1, -0.05) is 0 Å². The lowest BCUT2D eigenvalue weighted by Gasteiger charge is -1.92. The molecule has 2 nitrogen and oxygen atoms in total. The number of aromatic nitrogens is 1. The first kappa shape index (κ1) is 7.28. The Hall–Kier alpha value is -0.830. The summed E-state index contributed by atoms with van der Waals surface area (Å²) in [5, 5.41) is 0. The Bertz CT molecular complexity index is 242. The summed E-state index contributed by atoms with van der Waals surface area (Å²) in [6, 6.07) is 3.40. The highest BCUT2D eigenvalue weighted by Crippen LogP contribution is 2.03. The van der Waals surface area contributed by atoms with Crippen molar-refractivity contribution in [3.63, 3.8) is 0 Å². The van der Waals surface area contributed by atoms with Crippen LogP contribution in [0.15, 0.2) is 23.2 Å². The van der Waals surface area contributed by atoms with Gasteiger partial charge in [-0.15, -0.1) is 12.6 Å². The SMILES string of the molecule is CC(=O)c1ccc(S)cn1. The minimum Gasteiger partial charge on any atom is -0.293 e. The number of rotatable bonds is 1. The van der Waals surface area contributed by atoms with E-state index in [2.05, 4.69) is 17.6 Å². The molecule has 1 heterocycles. The maximum absolute atomic E-state index is 10.7. The highest BCUT2D eigenvalue weighted by atomic mass is 32.1. The van der Waals surface area contributed by atoms with Gasteiger partial charge in [0.05, 0.1) is 0 Å². The van der Waals surface area contributed by atoms with Crippen molar-refractivity contribution in [1.29, 1.82) is 0 Å². The summed E-state index contributed by atoms with van der Waals surface area (Å²) in [4.78, 5) is 15.3. The number of carbonyl (C=O) groups is 1. The zero-order valence-electron chi connectivity index (χ0n) is 5.53. The summed E-state index contributed by atoms with van der Waals surface area (Å²) in [5.41, 5.74) is 0.484. The lowest BCUT2D eigenvalue weighted by atomic mass is 10.3. The molecule has 0 saturated heterocycles. The van der Waals surface area contributed by atoms with Gasteiger partial charge in [0.2, 0.25) is 0 Å². The van der Waals surface area contributed by atoms with Crippen molar-refractivity contribution < 1.29 is 4.79 Å². The molecular formula is C7H7NOS. The van der Waals surface area contributed by atoms with Crippen LogP contribution < -0.4 is 0 Å². The van der Waals surface area contributed by atoms with Crippen LogP contribution in [0.2, 0.25) is 0 Å². The number of carbonyl (C=O) groups excluding carboxylic acids is 1. The molecule has 52 valence electrons. The van der Waals surface area contributed by atoms with Crippen molar-refractivity contribution in [3.8, 4) is 0 Å². The summed E-state index contributed by atoms with van der Waals surface area (Å²) >= 11 is 4.03. The van der Waals surface area contributed by atoms with E-state index in [9.17, 15) is 4.79 Å². The van der Waals surface area contributed by atoms with Gasteiger partial charge in [-0.05, 0) is 12.1 Å². The first-order valence-corrected chi connectivity index (χ1v) is 3.31. The van der Waals surface area contributed by atoms with E-state index in [1.54, 1.807) is 18.3 Å². The lowest BCUT2D eigenvalue weighted by Crippen LogP contribution is -1.94. The Morgan fingerprint density at radius 2 is 2.30 bits per heavy atom. The van der Waals surface area contributed by atoms with E-state index < -0.39 is 0 Å². The van der Waals surface area contributed by atoms with E-state index in [-0.39, 0.29) is 5.78 Å². The fourth-order valence-corrected chi connectivity index (χ4v) is 0.727. The predicted octanol–water partition coefficient (Wildman–Crippen LogP) is 1.57. The zero-order chi connectivity index (χ0) is 7.56. The predicted molar refractivity (Wildman–Crippen MR) is 41.5 cm³/mol. The van der Waals surface area contributed by atoms with Gasteiger partial charge in [0, 0.05) is 18.0 Å². The molecule has 10 heavy (non-hydrogen) atoms. The smallest absolute Gasteiger partial charge is 0.178 e. The number of hydrogen-bond donors (Lipinski definition) is 1. The third kappa shape index (κ3) is 1.57. The van der Waals surface area contributed by atoms with Crippen molar-refractivity contribution >= 4 is 18.4 Å². The van der Waals surface area contributed by atoms with Gasteiger partial charge in [-0.25, -0.2) is 0 Å². The molecule has 0 spiro atoms. The molecule has 3 heteroatoms. The fraction of sp³-hybridized carbons (Fsp3) is 0.143. The number of nitrogens with zero attached hydrogens (tertiary/aromatic N) is 1. The molecule has 0 aromatic carbocycles. The molecule has 0 aliphatic heterocycles. The third-order valence-electron chi connectivity index (χ3n) is 1.11. The molecule has 1 aromatic rings. The standard InChI is InChI=1S/C7H7NOS/c1-5(9)7-3-2-6(10)4-8-7/h2-4,10H,1H3. The monoisotopic (exact) mass is 153 g/mol. The van der Waals surface area contributed by atoms with Gasteiger partial charge in [0.15, 0.2) is 5.78 Å². The van der Waals surface area contributed by atoms with Crippen LogP contribution in [0.25, 0.3) is 0 Å². The van der Waals surface area contributed by atoms with Gasteiger partial charge in [0.25, 0.3) is 0 Å². The van der Waals surface area contributed by atoms with Crippen LogP contribution in [0.3, 0.4) is 0 Å². The van der Waals surface area contributed by atoms with Gasteiger partial charge >= 0.3 is 0 Å². The summed E-state index contributed by atoms with van der Waals surface area (Å²) in [6.07, 6.45) is 1.56. The maximum Gasteiger partial charge on any atom is 0.178 e. The van der Waals surface area contributed by atoms with E-state index in [4.69, 9.17) is 0 Å². The highest BCUT2D eigenvalue weighted by Gasteiger charge is 1.97. The second-order valence-electron chi connectivity index (χ2n) is 1.96. The number of ketones is 1. The number of hydrogen-bond acceptors (Lipinski definition) is 3. The Morgan fingerprint density at radius 3 is 2.70 bits per heavy atom. The number of pyridine rings is 1. The second kappa shape index (κ2) is 2.84. The zero-order valence-corrected chi connectivity index (χ0v) is 6.43. The van der Waals surface area contributed by atoms with E-state index in [1.165, 1.54) is 6.92 Å². The first-order valence-electron chi connectivity index (χ1n) is 2.86. The Morgan fingerprint density at radius 1 is 1.60 bits per heavy atom. The summed E-state index contributed by atoms with van der Waals surface area (Å²) in [7, 11) is 0. The van der Waals surface area contributed by atoms with Gasteiger partial charge in [0.1, 0.15) is 5.69 Å². The van der Waals surface area contributed by atoms with Crippen molar-refractivity contribution in [2.24, 2.45) is 0 Å². The van der Waals surface area contributed by atoms with Crippen LogP contribution in [0.4, 0.5) is 0 Å². The van der Waals surface area contributed by atoms with E-state index >= 15 is 0 Å². The van der Waals surface area contributed by atoms with Gasteiger partial charge < -0.3 is 0 Å². The highest BCUT2D eigenvalue weighted by molar-refractivity contribution is 7.80. The van der Waals surface area contributed by atoms with Crippen LogP contribution in [-0.2, 0) is 0 Å². The second-order valence-corrected chi connectivity index (χ2v) is 2.47. The van der Waals surface area contributed by atoms with Crippen LogP contribution in [0.5, 0.6) is 0 Å². The van der Waals surface area contributed by atoms with E-state index in [0.717, 1.165) is 4.90 Å². The summed E-state index contributed by atoms with van der Waals surface area (Å²) < 4.78 is 0. The van der Waals surface area contributed by atoms with Crippen molar-refractivity contribution in [1.82, 2.24) is 4.98 Å².